The molecule has 1 atom stereocenters. The lowest BCUT2D eigenvalue weighted by molar-refractivity contribution is 0.482. The Morgan fingerprint density at radius 3 is 2.53 bits per heavy atom. The topological polar surface area (TPSA) is 28.7 Å². The number of H-pyrrole nitrogens is 1. The third kappa shape index (κ3) is 3.45. The number of imidazole rings is 1. The SMILES string of the molecule is CC(C)C[C@@H](Cc1ccccc1)c1ncc[nH]1. The molecule has 2 heteroatoms. The number of rotatable bonds is 5. The van der Waals surface area contributed by atoms with Crippen molar-refractivity contribution >= 4 is 0 Å². The monoisotopic (exact) mass is 228 g/mol. The van der Waals surface area contributed by atoms with Gasteiger partial charge in [0.15, 0.2) is 0 Å². The van der Waals surface area contributed by atoms with Gasteiger partial charge >= 0.3 is 0 Å². The predicted molar refractivity (Wildman–Crippen MR) is 70.9 cm³/mol. The summed E-state index contributed by atoms with van der Waals surface area (Å²) in [6.07, 6.45) is 5.98. The summed E-state index contributed by atoms with van der Waals surface area (Å²) in [6.45, 7) is 4.53. The lowest BCUT2D eigenvalue weighted by Crippen LogP contribution is -2.08. The van der Waals surface area contributed by atoms with Crippen LogP contribution in [0.25, 0.3) is 0 Å². The van der Waals surface area contributed by atoms with Crippen molar-refractivity contribution in [1.82, 2.24) is 9.97 Å². The van der Waals surface area contributed by atoms with E-state index in [-0.39, 0.29) is 0 Å². The first kappa shape index (κ1) is 11.9. The largest absolute Gasteiger partial charge is 0.348 e. The Bertz CT molecular complexity index is 417. The fourth-order valence-electron chi connectivity index (χ4n) is 2.26. The van der Waals surface area contributed by atoms with Crippen molar-refractivity contribution < 1.29 is 0 Å². The summed E-state index contributed by atoms with van der Waals surface area (Å²) in [6, 6.07) is 10.6. The highest BCUT2D eigenvalue weighted by Gasteiger charge is 2.16. The third-order valence-electron chi connectivity index (χ3n) is 2.99. The molecule has 0 aliphatic heterocycles. The van der Waals surface area contributed by atoms with Crippen LogP contribution in [0.15, 0.2) is 42.7 Å². The summed E-state index contributed by atoms with van der Waals surface area (Å²) in [5.74, 6) is 2.30. The van der Waals surface area contributed by atoms with Crippen molar-refractivity contribution in [2.75, 3.05) is 0 Å². The minimum atomic E-state index is 0.493. The van der Waals surface area contributed by atoms with Gasteiger partial charge in [-0.2, -0.15) is 0 Å². The summed E-state index contributed by atoms with van der Waals surface area (Å²) < 4.78 is 0. The molecule has 0 fully saturated rings. The van der Waals surface area contributed by atoms with Gasteiger partial charge in [0.2, 0.25) is 0 Å². The molecule has 1 heterocycles. The smallest absolute Gasteiger partial charge is 0.109 e. The van der Waals surface area contributed by atoms with Gasteiger partial charge in [-0.15, -0.1) is 0 Å². The Hall–Kier alpha value is -1.57. The molecule has 17 heavy (non-hydrogen) atoms. The minimum Gasteiger partial charge on any atom is -0.348 e. The Kier molecular flexibility index (Phi) is 3.97. The van der Waals surface area contributed by atoms with Crippen LogP contribution in [-0.4, -0.2) is 9.97 Å². The van der Waals surface area contributed by atoms with Crippen LogP contribution in [-0.2, 0) is 6.42 Å². The highest BCUT2D eigenvalue weighted by atomic mass is 14.9. The summed E-state index contributed by atoms with van der Waals surface area (Å²) in [5.41, 5.74) is 1.38. The van der Waals surface area contributed by atoms with Crippen LogP contribution in [0.1, 0.15) is 37.6 Å². The average Bonchev–Trinajstić information content (AvgIpc) is 2.82. The molecule has 2 aromatic rings. The van der Waals surface area contributed by atoms with Crippen LogP contribution in [0.5, 0.6) is 0 Å². The third-order valence-corrected chi connectivity index (χ3v) is 2.99. The normalized spacial score (nSPS) is 12.9. The molecule has 0 unspecified atom stereocenters. The van der Waals surface area contributed by atoms with Crippen molar-refractivity contribution in [1.29, 1.82) is 0 Å². The molecule has 0 amide bonds. The zero-order valence-electron chi connectivity index (χ0n) is 10.6. The number of aromatic amines is 1. The molecule has 0 radical (unpaired) electrons. The molecule has 90 valence electrons. The van der Waals surface area contributed by atoms with E-state index < -0.39 is 0 Å². The van der Waals surface area contributed by atoms with E-state index in [2.05, 4.69) is 54.1 Å². The molecule has 0 saturated heterocycles. The van der Waals surface area contributed by atoms with Gasteiger partial charge in [-0.1, -0.05) is 44.2 Å². The molecule has 0 aliphatic carbocycles. The van der Waals surface area contributed by atoms with Crippen molar-refractivity contribution in [2.24, 2.45) is 5.92 Å². The van der Waals surface area contributed by atoms with Gasteiger partial charge in [0.25, 0.3) is 0 Å². The first-order valence-corrected chi connectivity index (χ1v) is 6.29. The van der Waals surface area contributed by atoms with Gasteiger partial charge in [0.1, 0.15) is 5.82 Å². The molecule has 2 rings (SSSR count). The Morgan fingerprint density at radius 2 is 1.94 bits per heavy atom. The van der Waals surface area contributed by atoms with Gasteiger partial charge in [-0.25, -0.2) is 4.98 Å². The van der Waals surface area contributed by atoms with Crippen LogP contribution in [0.4, 0.5) is 0 Å². The maximum Gasteiger partial charge on any atom is 0.109 e. The zero-order chi connectivity index (χ0) is 12.1. The standard InChI is InChI=1S/C15H20N2/c1-12(2)10-14(15-16-8-9-17-15)11-13-6-4-3-5-7-13/h3-9,12,14H,10-11H2,1-2H3,(H,16,17)/t14-/m0/s1. The lowest BCUT2D eigenvalue weighted by atomic mass is 9.90. The molecule has 0 aliphatic rings. The van der Waals surface area contributed by atoms with Gasteiger partial charge in [-0.05, 0) is 24.3 Å². The molecular formula is C15H20N2. The van der Waals surface area contributed by atoms with Crippen LogP contribution in [0, 0.1) is 5.92 Å². The number of nitrogens with one attached hydrogen (secondary N) is 1. The average molecular weight is 228 g/mol. The Morgan fingerprint density at radius 1 is 1.18 bits per heavy atom. The van der Waals surface area contributed by atoms with Gasteiger partial charge in [0, 0.05) is 18.3 Å². The summed E-state index contributed by atoms with van der Waals surface area (Å²) in [5, 5.41) is 0. The highest BCUT2D eigenvalue weighted by molar-refractivity contribution is 5.17. The van der Waals surface area contributed by atoms with E-state index in [0.717, 1.165) is 12.2 Å². The fraction of sp³-hybridized carbons (Fsp3) is 0.400. The van der Waals surface area contributed by atoms with Crippen molar-refractivity contribution in [3.05, 3.63) is 54.1 Å². The van der Waals surface area contributed by atoms with E-state index in [1.807, 2.05) is 12.4 Å². The van der Waals surface area contributed by atoms with Crippen LogP contribution < -0.4 is 0 Å². The number of hydrogen-bond acceptors (Lipinski definition) is 1. The predicted octanol–water partition coefficient (Wildman–Crippen LogP) is 3.78. The van der Waals surface area contributed by atoms with E-state index in [1.165, 1.54) is 12.0 Å². The second kappa shape index (κ2) is 5.67. The second-order valence-electron chi connectivity index (χ2n) is 4.99. The quantitative estimate of drug-likeness (QED) is 0.829. The summed E-state index contributed by atoms with van der Waals surface area (Å²) in [4.78, 5) is 7.66. The van der Waals surface area contributed by atoms with E-state index in [4.69, 9.17) is 0 Å². The van der Waals surface area contributed by atoms with Crippen molar-refractivity contribution in [2.45, 2.75) is 32.6 Å². The lowest BCUT2D eigenvalue weighted by Gasteiger charge is -2.17. The van der Waals surface area contributed by atoms with E-state index in [9.17, 15) is 0 Å². The highest BCUT2D eigenvalue weighted by Crippen LogP contribution is 2.25. The fourth-order valence-corrected chi connectivity index (χ4v) is 2.26. The molecule has 0 bridgehead atoms. The van der Waals surface area contributed by atoms with Gasteiger partial charge < -0.3 is 4.98 Å². The van der Waals surface area contributed by atoms with Crippen LogP contribution in [0.3, 0.4) is 0 Å². The number of aromatic nitrogens is 2. The molecule has 1 N–H and O–H groups in total. The number of benzene rings is 1. The molecule has 1 aromatic heterocycles. The van der Waals surface area contributed by atoms with Crippen LogP contribution >= 0.6 is 0 Å². The van der Waals surface area contributed by atoms with Gasteiger partial charge in [0.05, 0.1) is 0 Å². The second-order valence-corrected chi connectivity index (χ2v) is 4.99. The maximum atomic E-state index is 4.41. The Balaban J connectivity index is 2.11. The molecule has 2 nitrogen and oxygen atoms in total. The summed E-state index contributed by atoms with van der Waals surface area (Å²) >= 11 is 0. The van der Waals surface area contributed by atoms with E-state index >= 15 is 0 Å². The van der Waals surface area contributed by atoms with Crippen molar-refractivity contribution in [3.8, 4) is 0 Å². The zero-order valence-corrected chi connectivity index (χ0v) is 10.6. The van der Waals surface area contributed by atoms with Crippen molar-refractivity contribution in [3.63, 3.8) is 0 Å². The minimum absolute atomic E-state index is 0.493. The molecule has 1 aromatic carbocycles. The first-order chi connectivity index (χ1) is 8.25. The number of hydrogen-bond donors (Lipinski definition) is 1. The van der Waals surface area contributed by atoms with Crippen LogP contribution in [0.2, 0.25) is 0 Å². The summed E-state index contributed by atoms with van der Waals surface area (Å²) in [7, 11) is 0. The first-order valence-electron chi connectivity index (χ1n) is 6.29. The molecular weight excluding hydrogens is 208 g/mol. The number of nitrogens with zero attached hydrogens (tertiary/aromatic N) is 1. The van der Waals surface area contributed by atoms with E-state index in [1.54, 1.807) is 0 Å². The van der Waals surface area contributed by atoms with Gasteiger partial charge in [-0.3, -0.25) is 0 Å². The maximum absolute atomic E-state index is 4.41. The Labute approximate surface area is 103 Å². The molecule has 0 spiro atoms. The van der Waals surface area contributed by atoms with E-state index in [0.29, 0.717) is 11.8 Å². The molecule has 0 saturated carbocycles.